The van der Waals surface area contributed by atoms with Crippen LogP contribution in [0.5, 0.6) is 5.75 Å². The molecule has 3 rings (SSSR count). The Morgan fingerprint density at radius 3 is 2.52 bits per heavy atom. The standard InChI is InChI=1S/C20H20F3N3O3/c1-12(29-16-6-4-15(5-7-16)20(21,22)23)11-25-18(27)14-8-9-24-17(10-14)26-19(28)13-2-3-13/h4-10,12-13H,2-3,11H2,1H3,(H,25,27)(H,24,26,28). The second-order valence-electron chi connectivity index (χ2n) is 6.85. The van der Waals surface area contributed by atoms with E-state index in [1.807, 2.05) is 0 Å². The van der Waals surface area contributed by atoms with E-state index in [1.54, 1.807) is 6.92 Å². The van der Waals surface area contributed by atoms with Gasteiger partial charge in [0, 0.05) is 17.7 Å². The molecule has 1 aromatic carbocycles. The highest BCUT2D eigenvalue weighted by molar-refractivity contribution is 5.97. The summed E-state index contributed by atoms with van der Waals surface area (Å²) >= 11 is 0. The smallest absolute Gasteiger partial charge is 0.416 e. The van der Waals surface area contributed by atoms with Gasteiger partial charge >= 0.3 is 6.18 Å². The first-order valence-corrected chi connectivity index (χ1v) is 9.11. The fourth-order valence-electron chi connectivity index (χ4n) is 2.55. The topological polar surface area (TPSA) is 80.3 Å². The predicted octanol–water partition coefficient (Wildman–Crippen LogP) is 3.65. The predicted molar refractivity (Wildman–Crippen MR) is 99.5 cm³/mol. The fraction of sp³-hybridized carbons (Fsp3) is 0.350. The zero-order valence-corrected chi connectivity index (χ0v) is 15.6. The number of hydrogen-bond acceptors (Lipinski definition) is 4. The molecule has 2 N–H and O–H groups in total. The number of halogens is 3. The number of pyridine rings is 1. The van der Waals surface area contributed by atoms with E-state index in [9.17, 15) is 22.8 Å². The Morgan fingerprint density at radius 2 is 1.90 bits per heavy atom. The average molecular weight is 407 g/mol. The van der Waals surface area contributed by atoms with E-state index in [2.05, 4.69) is 15.6 Å². The summed E-state index contributed by atoms with van der Waals surface area (Å²) < 4.78 is 43.3. The lowest BCUT2D eigenvalue weighted by molar-refractivity contribution is -0.137. The number of hydrogen-bond donors (Lipinski definition) is 2. The van der Waals surface area contributed by atoms with E-state index in [0.717, 1.165) is 25.0 Å². The number of anilines is 1. The van der Waals surface area contributed by atoms with Crippen molar-refractivity contribution in [1.82, 2.24) is 10.3 Å². The highest BCUT2D eigenvalue weighted by Crippen LogP contribution is 2.31. The van der Waals surface area contributed by atoms with Crippen molar-refractivity contribution in [2.24, 2.45) is 5.92 Å². The van der Waals surface area contributed by atoms with Crippen LogP contribution in [0.3, 0.4) is 0 Å². The molecular formula is C20H20F3N3O3. The van der Waals surface area contributed by atoms with Crippen LogP contribution < -0.4 is 15.4 Å². The zero-order chi connectivity index (χ0) is 21.0. The quantitative estimate of drug-likeness (QED) is 0.734. The van der Waals surface area contributed by atoms with Crippen LogP contribution in [0.2, 0.25) is 0 Å². The Morgan fingerprint density at radius 1 is 1.21 bits per heavy atom. The molecule has 2 aromatic rings. The van der Waals surface area contributed by atoms with Gasteiger partial charge in [0.15, 0.2) is 0 Å². The molecule has 0 bridgehead atoms. The summed E-state index contributed by atoms with van der Waals surface area (Å²) in [5, 5.41) is 5.36. The molecule has 6 nitrogen and oxygen atoms in total. The van der Waals surface area contributed by atoms with Gasteiger partial charge in [0.05, 0.1) is 12.1 Å². The number of rotatable bonds is 7. The van der Waals surface area contributed by atoms with Crippen molar-refractivity contribution in [1.29, 1.82) is 0 Å². The van der Waals surface area contributed by atoms with Gasteiger partial charge in [-0.3, -0.25) is 9.59 Å². The number of alkyl halides is 3. The van der Waals surface area contributed by atoms with Gasteiger partial charge in [-0.15, -0.1) is 0 Å². The Bertz CT molecular complexity index is 881. The lowest BCUT2D eigenvalue weighted by Crippen LogP contribution is -2.33. The van der Waals surface area contributed by atoms with Crippen LogP contribution in [-0.2, 0) is 11.0 Å². The van der Waals surface area contributed by atoms with Crippen molar-refractivity contribution >= 4 is 17.6 Å². The highest BCUT2D eigenvalue weighted by atomic mass is 19.4. The van der Waals surface area contributed by atoms with Crippen LogP contribution in [-0.4, -0.2) is 29.4 Å². The van der Waals surface area contributed by atoms with Crippen LogP contribution >= 0.6 is 0 Å². The van der Waals surface area contributed by atoms with Crippen molar-refractivity contribution in [3.63, 3.8) is 0 Å². The number of nitrogens with one attached hydrogen (secondary N) is 2. The van der Waals surface area contributed by atoms with E-state index in [0.29, 0.717) is 11.4 Å². The first-order valence-electron chi connectivity index (χ1n) is 9.11. The summed E-state index contributed by atoms with van der Waals surface area (Å²) in [6, 6.07) is 7.35. The number of amides is 2. The molecule has 2 amide bonds. The van der Waals surface area contributed by atoms with Gasteiger partial charge in [0.25, 0.3) is 5.91 Å². The molecule has 1 fully saturated rings. The molecule has 1 saturated carbocycles. The molecular weight excluding hydrogens is 387 g/mol. The first-order chi connectivity index (χ1) is 13.7. The monoisotopic (exact) mass is 407 g/mol. The van der Waals surface area contributed by atoms with E-state index in [-0.39, 0.29) is 30.0 Å². The van der Waals surface area contributed by atoms with Crippen LogP contribution in [0.15, 0.2) is 42.6 Å². The molecule has 1 atom stereocenters. The summed E-state index contributed by atoms with van der Waals surface area (Å²) in [5.74, 6) is 0.126. The second kappa shape index (κ2) is 8.50. The van der Waals surface area contributed by atoms with Gasteiger partial charge in [-0.2, -0.15) is 13.2 Å². The minimum absolute atomic E-state index is 0.0254. The van der Waals surface area contributed by atoms with Crippen LogP contribution in [0, 0.1) is 5.92 Å². The number of nitrogens with zero attached hydrogens (tertiary/aromatic N) is 1. The fourth-order valence-corrected chi connectivity index (χ4v) is 2.55. The van der Waals surface area contributed by atoms with Crippen molar-refractivity contribution in [3.05, 3.63) is 53.7 Å². The number of benzene rings is 1. The Hall–Kier alpha value is -3.10. The second-order valence-corrected chi connectivity index (χ2v) is 6.85. The lowest BCUT2D eigenvalue weighted by Gasteiger charge is -2.16. The summed E-state index contributed by atoms with van der Waals surface area (Å²) in [6.45, 7) is 1.83. The van der Waals surface area contributed by atoms with E-state index >= 15 is 0 Å². The van der Waals surface area contributed by atoms with Crippen LogP contribution in [0.4, 0.5) is 19.0 Å². The van der Waals surface area contributed by atoms with Crippen LogP contribution in [0.1, 0.15) is 35.7 Å². The summed E-state index contributed by atoms with van der Waals surface area (Å²) in [6.07, 6.45) is -1.71. The van der Waals surface area contributed by atoms with Gasteiger partial charge in [0.1, 0.15) is 17.7 Å². The Labute approximate surface area is 165 Å². The molecule has 1 unspecified atom stereocenters. The SMILES string of the molecule is CC(CNC(=O)c1ccnc(NC(=O)C2CC2)c1)Oc1ccc(C(F)(F)F)cc1. The third-order valence-electron chi connectivity index (χ3n) is 4.29. The Kier molecular flexibility index (Phi) is 6.05. The van der Waals surface area contributed by atoms with Gasteiger partial charge in [-0.05, 0) is 56.2 Å². The first kappa shape index (κ1) is 20.6. The van der Waals surface area contributed by atoms with Gasteiger partial charge in [-0.25, -0.2) is 4.98 Å². The molecule has 154 valence electrons. The van der Waals surface area contributed by atoms with Gasteiger partial charge < -0.3 is 15.4 Å². The molecule has 29 heavy (non-hydrogen) atoms. The molecule has 1 heterocycles. The minimum atomic E-state index is -4.40. The lowest BCUT2D eigenvalue weighted by atomic mass is 10.2. The third kappa shape index (κ3) is 5.94. The van der Waals surface area contributed by atoms with Gasteiger partial charge in [-0.1, -0.05) is 0 Å². The van der Waals surface area contributed by atoms with Gasteiger partial charge in [0.2, 0.25) is 5.91 Å². The third-order valence-corrected chi connectivity index (χ3v) is 4.29. The number of carbonyl (C=O) groups is 2. The zero-order valence-electron chi connectivity index (χ0n) is 15.6. The van der Waals surface area contributed by atoms with Crippen molar-refractivity contribution in [3.8, 4) is 5.75 Å². The molecule has 0 saturated heterocycles. The molecule has 1 aliphatic carbocycles. The largest absolute Gasteiger partial charge is 0.489 e. The molecule has 1 aromatic heterocycles. The maximum absolute atomic E-state index is 12.6. The summed E-state index contributed by atoms with van der Waals surface area (Å²) in [4.78, 5) is 28.1. The normalized spacial score (nSPS) is 14.8. The van der Waals surface area contributed by atoms with E-state index in [4.69, 9.17) is 4.74 Å². The molecule has 0 spiro atoms. The summed E-state index contributed by atoms with van der Waals surface area (Å²) in [5.41, 5.74) is -0.430. The minimum Gasteiger partial charge on any atom is -0.489 e. The van der Waals surface area contributed by atoms with Crippen molar-refractivity contribution in [2.75, 3.05) is 11.9 Å². The van der Waals surface area contributed by atoms with E-state index < -0.39 is 17.8 Å². The van der Waals surface area contributed by atoms with Crippen LogP contribution in [0.25, 0.3) is 0 Å². The number of aromatic nitrogens is 1. The van der Waals surface area contributed by atoms with Crippen molar-refractivity contribution in [2.45, 2.75) is 32.0 Å². The van der Waals surface area contributed by atoms with E-state index in [1.165, 1.54) is 30.5 Å². The Balaban J connectivity index is 1.50. The number of ether oxygens (including phenoxy) is 1. The molecule has 0 aliphatic heterocycles. The maximum atomic E-state index is 12.6. The van der Waals surface area contributed by atoms with Crippen molar-refractivity contribution < 1.29 is 27.5 Å². The average Bonchev–Trinajstić information content (AvgIpc) is 3.51. The number of carbonyl (C=O) groups excluding carboxylic acids is 2. The highest BCUT2D eigenvalue weighted by Gasteiger charge is 2.30. The molecule has 1 aliphatic rings. The molecule has 0 radical (unpaired) electrons. The molecule has 9 heteroatoms. The summed E-state index contributed by atoms with van der Waals surface area (Å²) in [7, 11) is 0. The maximum Gasteiger partial charge on any atom is 0.416 e.